The maximum Gasteiger partial charge on any atom is 0.246 e. The topological polar surface area (TPSA) is 45.2 Å². The van der Waals surface area contributed by atoms with Gasteiger partial charge in [-0.1, -0.05) is 36.4 Å². The van der Waals surface area contributed by atoms with Gasteiger partial charge in [-0.15, -0.1) is 0 Å². The molecule has 0 fully saturated rings. The summed E-state index contributed by atoms with van der Waals surface area (Å²) in [5.74, 6) is 0.0927. The second kappa shape index (κ2) is 6.32. The molecule has 0 atom stereocenters. The van der Waals surface area contributed by atoms with Gasteiger partial charge >= 0.3 is 0 Å². The lowest BCUT2D eigenvalue weighted by molar-refractivity contribution is -0.117. The number of anilines is 2. The third-order valence-corrected chi connectivity index (χ3v) is 4.47. The van der Waals surface area contributed by atoms with Crippen molar-refractivity contribution in [3.8, 4) is 0 Å². The summed E-state index contributed by atoms with van der Waals surface area (Å²) in [5, 5.41) is 4.33. The van der Waals surface area contributed by atoms with Crippen LogP contribution in [0.1, 0.15) is 12.0 Å². The van der Waals surface area contributed by atoms with Crippen molar-refractivity contribution in [3.63, 3.8) is 0 Å². The second-order valence-electron chi connectivity index (χ2n) is 6.01. The van der Waals surface area contributed by atoms with Crippen LogP contribution in [0.15, 0.2) is 60.8 Å². The van der Waals surface area contributed by atoms with E-state index in [4.69, 9.17) is 0 Å². The molecule has 0 saturated heterocycles. The normalized spacial score (nSPS) is 13.6. The molecule has 2 heterocycles. The van der Waals surface area contributed by atoms with E-state index in [0.717, 1.165) is 41.7 Å². The molecule has 4 rings (SSSR count). The summed E-state index contributed by atoms with van der Waals surface area (Å²) < 4.78 is 0. The summed E-state index contributed by atoms with van der Waals surface area (Å²) >= 11 is 0. The molecule has 1 aliphatic rings. The Morgan fingerprint density at radius 2 is 1.96 bits per heavy atom. The van der Waals surface area contributed by atoms with Crippen molar-refractivity contribution < 1.29 is 4.79 Å². The Kier molecular flexibility index (Phi) is 3.87. The van der Waals surface area contributed by atoms with E-state index >= 15 is 0 Å². The highest BCUT2D eigenvalue weighted by Crippen LogP contribution is 2.27. The molecule has 0 spiro atoms. The van der Waals surface area contributed by atoms with Crippen molar-refractivity contribution >= 4 is 28.2 Å². The van der Waals surface area contributed by atoms with Gasteiger partial charge in [-0.3, -0.25) is 9.78 Å². The average molecular weight is 317 g/mol. The number of aryl methyl sites for hydroxylation is 1. The number of benzene rings is 2. The van der Waals surface area contributed by atoms with E-state index < -0.39 is 0 Å². The van der Waals surface area contributed by atoms with Crippen LogP contribution in [-0.2, 0) is 11.2 Å². The third kappa shape index (κ3) is 2.71. The Hall–Kier alpha value is -2.88. The van der Waals surface area contributed by atoms with Crippen molar-refractivity contribution in [2.75, 3.05) is 23.3 Å². The number of carbonyl (C=O) groups is 1. The fourth-order valence-electron chi connectivity index (χ4n) is 3.31. The standard InChI is InChI=1S/C20H19N3O/c24-19(23-13-5-9-15-6-1-2-11-18(15)23)14-22-17-10-3-7-16-8-4-12-21-20(16)17/h1-4,6-8,10-12,22H,5,9,13-14H2. The first-order valence-electron chi connectivity index (χ1n) is 8.29. The fourth-order valence-corrected chi connectivity index (χ4v) is 3.31. The number of carbonyl (C=O) groups excluding carboxylic acids is 1. The number of fused-ring (bicyclic) bond motifs is 2. The summed E-state index contributed by atoms with van der Waals surface area (Å²) in [4.78, 5) is 19.0. The summed E-state index contributed by atoms with van der Waals surface area (Å²) in [7, 11) is 0. The molecule has 0 aliphatic carbocycles. The summed E-state index contributed by atoms with van der Waals surface area (Å²) in [5.41, 5.74) is 4.09. The van der Waals surface area contributed by atoms with Crippen LogP contribution in [0.5, 0.6) is 0 Å². The monoisotopic (exact) mass is 317 g/mol. The molecule has 2 aromatic carbocycles. The molecule has 120 valence electrons. The minimum Gasteiger partial charge on any atom is -0.374 e. The Morgan fingerprint density at radius 3 is 2.92 bits per heavy atom. The van der Waals surface area contributed by atoms with Crippen LogP contribution >= 0.6 is 0 Å². The van der Waals surface area contributed by atoms with Gasteiger partial charge in [-0.2, -0.15) is 0 Å². The van der Waals surface area contributed by atoms with Crippen molar-refractivity contribution in [2.45, 2.75) is 12.8 Å². The van der Waals surface area contributed by atoms with Gasteiger partial charge in [0, 0.05) is 23.8 Å². The van der Waals surface area contributed by atoms with Crippen LogP contribution in [0.4, 0.5) is 11.4 Å². The van der Waals surface area contributed by atoms with E-state index in [1.165, 1.54) is 5.56 Å². The maximum atomic E-state index is 12.7. The van der Waals surface area contributed by atoms with Gasteiger partial charge in [-0.25, -0.2) is 0 Å². The van der Waals surface area contributed by atoms with Gasteiger partial charge in [0.15, 0.2) is 0 Å². The number of amides is 1. The number of hydrogen-bond donors (Lipinski definition) is 1. The zero-order chi connectivity index (χ0) is 16.4. The third-order valence-electron chi connectivity index (χ3n) is 4.47. The molecule has 1 N–H and O–H groups in total. The van der Waals surface area contributed by atoms with Crippen LogP contribution in [0.2, 0.25) is 0 Å². The van der Waals surface area contributed by atoms with E-state index in [1.807, 2.05) is 53.4 Å². The van der Waals surface area contributed by atoms with Gasteiger partial charge in [0.2, 0.25) is 5.91 Å². The van der Waals surface area contributed by atoms with E-state index in [9.17, 15) is 4.79 Å². The quantitative estimate of drug-likeness (QED) is 0.802. The van der Waals surface area contributed by atoms with Gasteiger partial charge in [0.1, 0.15) is 0 Å². The van der Waals surface area contributed by atoms with Crippen LogP contribution in [-0.4, -0.2) is 24.0 Å². The lowest BCUT2D eigenvalue weighted by Crippen LogP contribution is -2.39. The summed E-state index contributed by atoms with van der Waals surface area (Å²) in [6.45, 7) is 1.05. The molecule has 24 heavy (non-hydrogen) atoms. The first-order chi connectivity index (χ1) is 11.8. The van der Waals surface area contributed by atoms with Crippen molar-refractivity contribution in [2.24, 2.45) is 0 Å². The molecule has 0 unspecified atom stereocenters. The maximum absolute atomic E-state index is 12.7. The SMILES string of the molecule is O=C(CNc1cccc2cccnc12)N1CCCc2ccccc21. The van der Waals surface area contributed by atoms with E-state index in [-0.39, 0.29) is 12.5 Å². The molecule has 0 saturated carbocycles. The zero-order valence-corrected chi connectivity index (χ0v) is 13.4. The first kappa shape index (κ1) is 14.7. The summed E-state index contributed by atoms with van der Waals surface area (Å²) in [6, 6.07) is 18.1. The first-order valence-corrected chi connectivity index (χ1v) is 8.29. The Labute approximate surface area is 141 Å². The lowest BCUT2D eigenvalue weighted by atomic mass is 10.0. The number of hydrogen-bond acceptors (Lipinski definition) is 3. The molecule has 4 nitrogen and oxygen atoms in total. The minimum atomic E-state index is 0.0927. The van der Waals surface area contributed by atoms with Crippen LogP contribution < -0.4 is 10.2 Å². The Balaban J connectivity index is 1.53. The molecule has 3 aromatic rings. The average Bonchev–Trinajstić information content (AvgIpc) is 2.65. The highest BCUT2D eigenvalue weighted by atomic mass is 16.2. The number of aromatic nitrogens is 1. The largest absolute Gasteiger partial charge is 0.374 e. The highest BCUT2D eigenvalue weighted by molar-refractivity contribution is 5.98. The van der Waals surface area contributed by atoms with Crippen molar-refractivity contribution in [1.29, 1.82) is 0 Å². The lowest BCUT2D eigenvalue weighted by Gasteiger charge is -2.29. The van der Waals surface area contributed by atoms with Crippen molar-refractivity contribution in [1.82, 2.24) is 4.98 Å². The molecule has 0 bridgehead atoms. The molecule has 0 radical (unpaired) electrons. The predicted octanol–water partition coefficient (Wildman–Crippen LogP) is 3.63. The van der Waals surface area contributed by atoms with Crippen molar-refractivity contribution in [3.05, 3.63) is 66.4 Å². The van der Waals surface area contributed by atoms with Gasteiger partial charge in [0.05, 0.1) is 17.7 Å². The summed E-state index contributed by atoms with van der Waals surface area (Å²) in [6.07, 6.45) is 3.83. The van der Waals surface area contributed by atoms with Gasteiger partial charge in [-0.05, 0) is 36.6 Å². The van der Waals surface area contributed by atoms with E-state index in [2.05, 4.69) is 16.4 Å². The molecule has 1 aliphatic heterocycles. The number of nitrogens with one attached hydrogen (secondary N) is 1. The minimum absolute atomic E-state index is 0.0927. The number of nitrogens with zero attached hydrogens (tertiary/aromatic N) is 2. The van der Waals surface area contributed by atoms with E-state index in [1.54, 1.807) is 6.20 Å². The van der Waals surface area contributed by atoms with Crippen LogP contribution in [0.25, 0.3) is 10.9 Å². The fraction of sp³-hybridized carbons (Fsp3) is 0.200. The van der Waals surface area contributed by atoms with Crippen LogP contribution in [0, 0.1) is 0 Å². The molecule has 1 aromatic heterocycles. The van der Waals surface area contributed by atoms with Gasteiger partial charge < -0.3 is 10.2 Å². The van der Waals surface area contributed by atoms with Crippen LogP contribution in [0.3, 0.4) is 0 Å². The van der Waals surface area contributed by atoms with E-state index in [0.29, 0.717) is 0 Å². The molecular formula is C20H19N3O. The molecular weight excluding hydrogens is 298 g/mol. The number of rotatable bonds is 3. The highest BCUT2D eigenvalue weighted by Gasteiger charge is 2.21. The Bertz CT molecular complexity index is 885. The molecule has 4 heteroatoms. The molecule has 1 amide bonds. The smallest absolute Gasteiger partial charge is 0.246 e. The second-order valence-corrected chi connectivity index (χ2v) is 6.01. The number of para-hydroxylation sites is 2. The number of pyridine rings is 1. The van der Waals surface area contributed by atoms with Gasteiger partial charge in [0.25, 0.3) is 0 Å². The Morgan fingerprint density at radius 1 is 1.08 bits per heavy atom. The predicted molar refractivity (Wildman–Crippen MR) is 97.3 cm³/mol. The zero-order valence-electron chi connectivity index (χ0n) is 13.4.